The van der Waals surface area contributed by atoms with Crippen molar-refractivity contribution in [1.82, 2.24) is 0 Å². The molecule has 1 aliphatic carbocycles. The molecule has 0 saturated heterocycles. The van der Waals surface area contributed by atoms with Crippen molar-refractivity contribution < 1.29 is 38.1 Å². The lowest BCUT2D eigenvalue weighted by Gasteiger charge is -2.23. The number of benzene rings is 8. The molecule has 78 heavy (non-hydrogen) atoms. The molecule has 1 aliphatic rings. The average Bonchev–Trinajstić information content (AvgIpc) is 3.49. The Morgan fingerprint density at radius 2 is 0.538 bits per heavy atom. The van der Waals surface area contributed by atoms with Crippen molar-refractivity contribution in [2.45, 2.75) is 65.2 Å². The summed E-state index contributed by atoms with van der Waals surface area (Å²) >= 11 is 0. The molecule has 0 spiro atoms. The molecular weight excluding hydrogens is 977 g/mol. The smallest absolute Gasteiger partial charge is 0.343 e. The number of esters is 4. The van der Waals surface area contributed by atoms with Crippen molar-refractivity contribution in [3.63, 3.8) is 0 Å². The van der Waals surface area contributed by atoms with E-state index in [1.54, 1.807) is 158 Å². The summed E-state index contributed by atoms with van der Waals surface area (Å²) in [5.74, 6) is -2.31. The molecule has 12 nitrogen and oxygen atoms in total. The van der Waals surface area contributed by atoms with Crippen molar-refractivity contribution in [2.24, 2.45) is 0 Å². The summed E-state index contributed by atoms with van der Waals surface area (Å²) < 4.78 is 26.0. The second-order valence-corrected chi connectivity index (χ2v) is 19.0. The van der Waals surface area contributed by atoms with Gasteiger partial charge in [-0.2, -0.15) is 21.0 Å². The molecule has 0 N–H and O–H groups in total. The number of hydrogen-bond donors (Lipinski definition) is 0. The molecule has 12 heteroatoms. The topological polar surface area (TPSA) is 200 Å². The number of nitriles is 4. The monoisotopic (exact) mass is 1020 g/mol. The van der Waals surface area contributed by atoms with Gasteiger partial charge in [0.25, 0.3) is 0 Å². The van der Waals surface area contributed by atoms with Crippen LogP contribution in [0.1, 0.15) is 119 Å². The Bertz CT molecular complexity index is 3470. The fourth-order valence-corrected chi connectivity index (χ4v) is 9.61. The number of aryl methyl sites for hydroxylation is 2. The van der Waals surface area contributed by atoms with Crippen molar-refractivity contribution >= 4 is 23.9 Å². The lowest BCUT2D eigenvalue weighted by molar-refractivity contribution is 0.0722. The van der Waals surface area contributed by atoms with Crippen LogP contribution in [0.25, 0.3) is 0 Å². The number of rotatable bonds is 12. The van der Waals surface area contributed by atoms with Crippen LogP contribution in [0.15, 0.2) is 158 Å². The normalized spacial score (nSPS) is 11.4. The predicted octanol–water partition coefficient (Wildman–Crippen LogP) is 12.1. The van der Waals surface area contributed by atoms with E-state index in [9.17, 15) is 40.2 Å². The van der Waals surface area contributed by atoms with Crippen LogP contribution in [0.3, 0.4) is 0 Å². The third kappa shape index (κ3) is 12.2. The lowest BCUT2D eigenvalue weighted by atomic mass is 9.87. The Balaban J connectivity index is 1.38. The van der Waals surface area contributed by atoms with Gasteiger partial charge in [-0.25, -0.2) is 19.2 Å². The Labute approximate surface area is 451 Å². The van der Waals surface area contributed by atoms with Gasteiger partial charge in [-0.05, 0) is 84.6 Å². The van der Waals surface area contributed by atoms with E-state index in [0.29, 0.717) is 66.8 Å². The molecule has 0 saturated carbocycles. The maximum absolute atomic E-state index is 14.4. The summed E-state index contributed by atoms with van der Waals surface area (Å²) in [5.41, 5.74) is 8.28. The highest BCUT2D eigenvalue weighted by molar-refractivity contribution is 5.94. The molecule has 8 aromatic rings. The summed E-state index contributed by atoms with van der Waals surface area (Å²) in [7, 11) is 0. The zero-order chi connectivity index (χ0) is 54.7. The molecule has 0 fully saturated rings. The van der Waals surface area contributed by atoms with Gasteiger partial charge < -0.3 is 18.9 Å². The number of carbonyl (C=O) groups excluding carboxylic acids is 4. The minimum atomic E-state index is -0.695. The average molecular weight is 1030 g/mol. The van der Waals surface area contributed by atoms with E-state index in [1.165, 1.54) is 0 Å². The van der Waals surface area contributed by atoms with Gasteiger partial charge in [-0.3, -0.25) is 0 Å². The molecule has 0 amide bonds. The quantitative estimate of drug-likeness (QED) is 0.0829. The number of hydrogen-bond acceptors (Lipinski definition) is 12. The highest BCUT2D eigenvalue weighted by atomic mass is 16.5. The Kier molecular flexibility index (Phi) is 16.0. The summed E-state index contributed by atoms with van der Waals surface area (Å²) in [6, 6.07) is 53.6. The minimum Gasteiger partial charge on any atom is -0.422 e. The van der Waals surface area contributed by atoms with Crippen LogP contribution in [0, 0.1) is 59.2 Å². The summed E-state index contributed by atoms with van der Waals surface area (Å²) in [6.45, 7) is 3.79. The van der Waals surface area contributed by atoms with Gasteiger partial charge in [-0.1, -0.05) is 120 Å². The highest BCUT2D eigenvalue weighted by Crippen LogP contribution is 2.42. The first-order chi connectivity index (χ1) is 37.9. The molecular formula is C66H48N4O8. The minimum absolute atomic E-state index is 0.0684. The Hall–Kier alpha value is -10.4. The first-order valence-corrected chi connectivity index (χ1v) is 25.1. The van der Waals surface area contributed by atoms with E-state index >= 15 is 0 Å². The molecule has 9 rings (SSSR count). The van der Waals surface area contributed by atoms with E-state index in [1.807, 2.05) is 13.8 Å². The summed E-state index contributed by atoms with van der Waals surface area (Å²) in [6.07, 6.45) is -0.619. The van der Waals surface area contributed by atoms with Gasteiger partial charge in [0.2, 0.25) is 0 Å². The number of ether oxygens (including phenoxy) is 4. The standard InChI is InChI=1S/C66H48N4O8/c1-41-13-17-49(18-14-41)65(73)77-61-55-33-45(23-27-69)34-56(61)38-52-30-44(22-26-68)32-54(60(52)76-64(72)48-11-7-4-8-12-48)40-58-36-46(24-28-70)35-57(62(58)78-66(74)50-19-15-42(2)16-20-50)39-53-31-43(21-25-67)29-51(37-55)59(53)75-63(71)47-9-5-3-6-10-47/h3-20,29-36H,21-24,37-40H2,1-2H3. The second-order valence-electron chi connectivity index (χ2n) is 19.0. The SMILES string of the molecule is Cc1ccc(C(=O)Oc2c3cc(CC#N)cc2Cc2cc(CC#N)cc(c2OC(=O)c2ccccc2)Cc2cc(CC#N)cc(c2OC(=O)c2ccc(C)cc2)Cc2cc(CC#N)cc(c2OC(=O)c2ccccc2)C3)cc1. The maximum atomic E-state index is 14.4. The zero-order valence-corrected chi connectivity index (χ0v) is 42.7. The molecule has 0 heterocycles. The zero-order valence-electron chi connectivity index (χ0n) is 42.7. The Morgan fingerprint density at radius 1 is 0.333 bits per heavy atom. The van der Waals surface area contributed by atoms with E-state index in [-0.39, 0.29) is 96.6 Å². The third-order valence-corrected chi connectivity index (χ3v) is 13.2. The first-order valence-electron chi connectivity index (χ1n) is 25.1. The van der Waals surface area contributed by atoms with E-state index < -0.39 is 23.9 Å². The van der Waals surface area contributed by atoms with Crippen LogP contribution in [0.4, 0.5) is 0 Å². The molecule has 0 radical (unpaired) electrons. The van der Waals surface area contributed by atoms with Crippen LogP contribution in [-0.4, -0.2) is 23.9 Å². The van der Waals surface area contributed by atoms with Crippen molar-refractivity contribution in [3.05, 3.63) is 258 Å². The number of carbonyl (C=O) groups is 4. The van der Waals surface area contributed by atoms with Crippen LogP contribution in [0.2, 0.25) is 0 Å². The van der Waals surface area contributed by atoms with Crippen LogP contribution in [0.5, 0.6) is 23.0 Å². The van der Waals surface area contributed by atoms with Gasteiger partial charge in [0, 0.05) is 70.2 Å². The van der Waals surface area contributed by atoms with Crippen LogP contribution < -0.4 is 18.9 Å². The predicted molar refractivity (Wildman–Crippen MR) is 289 cm³/mol. The van der Waals surface area contributed by atoms with E-state index in [4.69, 9.17) is 18.9 Å². The van der Waals surface area contributed by atoms with Gasteiger partial charge in [0.15, 0.2) is 0 Å². The molecule has 0 aliphatic heterocycles. The highest BCUT2D eigenvalue weighted by Gasteiger charge is 2.28. The molecule has 0 unspecified atom stereocenters. The fourth-order valence-electron chi connectivity index (χ4n) is 9.61. The van der Waals surface area contributed by atoms with Crippen molar-refractivity contribution in [3.8, 4) is 47.3 Å². The van der Waals surface area contributed by atoms with Crippen LogP contribution >= 0.6 is 0 Å². The Morgan fingerprint density at radius 3 is 0.744 bits per heavy atom. The number of fused-ring (bicyclic) bond motifs is 8. The van der Waals surface area contributed by atoms with E-state index in [2.05, 4.69) is 24.3 Å². The molecule has 8 bridgehead atoms. The van der Waals surface area contributed by atoms with Crippen molar-refractivity contribution in [2.75, 3.05) is 0 Å². The van der Waals surface area contributed by atoms with E-state index in [0.717, 1.165) is 11.1 Å². The largest absolute Gasteiger partial charge is 0.422 e. The number of nitrogens with zero attached hydrogens (tertiary/aromatic N) is 4. The maximum Gasteiger partial charge on any atom is 0.343 e. The van der Waals surface area contributed by atoms with Crippen molar-refractivity contribution in [1.29, 1.82) is 21.0 Å². The fraction of sp³-hybridized carbons (Fsp3) is 0.152. The summed E-state index contributed by atoms with van der Waals surface area (Å²) in [4.78, 5) is 57.6. The first kappa shape index (κ1) is 52.5. The van der Waals surface area contributed by atoms with Gasteiger partial charge in [0.1, 0.15) is 23.0 Å². The summed E-state index contributed by atoms with van der Waals surface area (Å²) in [5, 5.41) is 41.0. The molecule has 0 atom stereocenters. The third-order valence-electron chi connectivity index (χ3n) is 13.2. The molecule has 0 aromatic heterocycles. The molecule has 380 valence electrons. The second kappa shape index (κ2) is 23.9. The molecule has 8 aromatic carbocycles. The van der Waals surface area contributed by atoms with Gasteiger partial charge in [-0.15, -0.1) is 0 Å². The lowest BCUT2D eigenvalue weighted by Crippen LogP contribution is -2.16. The van der Waals surface area contributed by atoms with Gasteiger partial charge in [0.05, 0.1) is 72.2 Å². The van der Waals surface area contributed by atoms with Gasteiger partial charge >= 0.3 is 23.9 Å². The van der Waals surface area contributed by atoms with Crippen LogP contribution in [-0.2, 0) is 51.4 Å².